The Kier molecular flexibility index (Phi) is 5.78. The molecule has 0 saturated carbocycles. The van der Waals surface area contributed by atoms with Crippen molar-refractivity contribution in [1.29, 1.82) is 0 Å². The molecular formula is C20H16F4N4O3. The summed E-state index contributed by atoms with van der Waals surface area (Å²) in [5.74, 6) is -2.64. The summed E-state index contributed by atoms with van der Waals surface area (Å²) in [6.45, 7) is 3.33. The van der Waals surface area contributed by atoms with Crippen LogP contribution in [0.2, 0.25) is 0 Å². The molecule has 1 heterocycles. The average Bonchev–Trinajstić information content (AvgIpc) is 3.16. The first-order valence-electron chi connectivity index (χ1n) is 8.82. The van der Waals surface area contributed by atoms with E-state index < -0.39 is 35.3 Å². The summed E-state index contributed by atoms with van der Waals surface area (Å²) in [6.07, 6.45) is -5.01. The van der Waals surface area contributed by atoms with Crippen molar-refractivity contribution in [3.63, 3.8) is 0 Å². The second-order valence-electron chi connectivity index (χ2n) is 6.59. The van der Waals surface area contributed by atoms with E-state index in [0.717, 1.165) is 12.1 Å². The Morgan fingerprint density at radius 1 is 1.13 bits per heavy atom. The Morgan fingerprint density at radius 2 is 1.84 bits per heavy atom. The van der Waals surface area contributed by atoms with Crippen LogP contribution in [-0.4, -0.2) is 34.0 Å². The number of alkyl halides is 3. The molecule has 0 radical (unpaired) electrons. The number of carbonyl (C=O) groups is 2. The molecule has 0 unspecified atom stereocenters. The largest absolute Gasteiger partial charge is 0.465 e. The van der Waals surface area contributed by atoms with Gasteiger partial charge in [-0.15, -0.1) is 5.10 Å². The zero-order chi connectivity index (χ0) is 22.9. The third-order valence-electron chi connectivity index (χ3n) is 4.54. The minimum Gasteiger partial charge on any atom is -0.465 e. The topological polar surface area (TPSA) is 86.1 Å². The molecule has 0 aliphatic heterocycles. The van der Waals surface area contributed by atoms with E-state index >= 15 is 0 Å². The summed E-state index contributed by atoms with van der Waals surface area (Å²) in [5.41, 5.74) is -1.30. The highest BCUT2D eigenvalue weighted by Crippen LogP contribution is 2.33. The van der Waals surface area contributed by atoms with Crippen LogP contribution in [-0.2, 0) is 10.9 Å². The van der Waals surface area contributed by atoms with Crippen LogP contribution in [0.3, 0.4) is 0 Å². The van der Waals surface area contributed by atoms with Gasteiger partial charge >= 0.3 is 12.1 Å². The van der Waals surface area contributed by atoms with E-state index in [9.17, 15) is 27.2 Å². The molecular weight excluding hydrogens is 420 g/mol. The van der Waals surface area contributed by atoms with Crippen molar-refractivity contribution >= 4 is 17.6 Å². The standard InChI is InChI=1S/C20H16F4N4O3/c1-10-7-13(9-15(11(10)2)19(30)31-3)25-18(29)16-17(20(22,23)24)28(27-26-16)14-6-4-5-12(21)8-14/h4-9H,1-3H3,(H,25,29). The van der Waals surface area contributed by atoms with Crippen molar-refractivity contribution in [1.82, 2.24) is 15.0 Å². The van der Waals surface area contributed by atoms with E-state index in [0.29, 0.717) is 15.8 Å². The fraction of sp³-hybridized carbons (Fsp3) is 0.200. The van der Waals surface area contributed by atoms with Crippen molar-refractivity contribution in [2.24, 2.45) is 0 Å². The lowest BCUT2D eigenvalue weighted by Crippen LogP contribution is -2.21. The lowest BCUT2D eigenvalue weighted by Gasteiger charge is -2.13. The molecule has 0 spiro atoms. The molecule has 7 nitrogen and oxygen atoms in total. The summed E-state index contributed by atoms with van der Waals surface area (Å²) in [6, 6.07) is 7.06. The minimum atomic E-state index is -5.01. The number of ether oxygens (including phenoxy) is 1. The summed E-state index contributed by atoms with van der Waals surface area (Å²) < 4.78 is 59.7. The van der Waals surface area contributed by atoms with Crippen LogP contribution in [0.25, 0.3) is 5.69 Å². The number of benzene rings is 2. The number of methoxy groups -OCH3 is 1. The zero-order valence-corrected chi connectivity index (χ0v) is 16.5. The number of carbonyl (C=O) groups excluding carboxylic acids is 2. The fourth-order valence-electron chi connectivity index (χ4n) is 2.92. The summed E-state index contributed by atoms with van der Waals surface area (Å²) in [4.78, 5) is 24.6. The van der Waals surface area contributed by atoms with Gasteiger partial charge in [0.15, 0.2) is 11.4 Å². The number of esters is 1. The van der Waals surface area contributed by atoms with Crippen LogP contribution in [0.4, 0.5) is 23.2 Å². The van der Waals surface area contributed by atoms with Crippen LogP contribution in [0, 0.1) is 19.7 Å². The molecule has 0 atom stereocenters. The first-order valence-corrected chi connectivity index (χ1v) is 8.82. The Bertz CT molecular complexity index is 1170. The number of nitrogens with zero attached hydrogens (tertiary/aromatic N) is 3. The van der Waals surface area contributed by atoms with Crippen LogP contribution < -0.4 is 5.32 Å². The van der Waals surface area contributed by atoms with E-state index in [4.69, 9.17) is 0 Å². The predicted molar refractivity (Wildman–Crippen MR) is 102 cm³/mol. The van der Waals surface area contributed by atoms with Gasteiger partial charge in [-0.05, 0) is 55.3 Å². The number of aromatic nitrogens is 3. The van der Waals surface area contributed by atoms with Crippen molar-refractivity contribution < 1.29 is 31.9 Å². The van der Waals surface area contributed by atoms with E-state index in [1.807, 2.05) is 0 Å². The maximum atomic E-state index is 13.7. The van der Waals surface area contributed by atoms with Gasteiger partial charge in [0.2, 0.25) is 0 Å². The van der Waals surface area contributed by atoms with E-state index in [1.165, 1.54) is 31.4 Å². The van der Waals surface area contributed by atoms with Gasteiger partial charge in [0.25, 0.3) is 5.91 Å². The molecule has 1 amide bonds. The molecule has 1 N–H and O–H groups in total. The monoisotopic (exact) mass is 436 g/mol. The van der Waals surface area contributed by atoms with Gasteiger partial charge in [-0.25, -0.2) is 13.9 Å². The van der Waals surface area contributed by atoms with Gasteiger partial charge < -0.3 is 10.1 Å². The Balaban J connectivity index is 2.04. The normalized spacial score (nSPS) is 11.3. The van der Waals surface area contributed by atoms with Crippen molar-refractivity contribution in [2.75, 3.05) is 12.4 Å². The number of hydrogen-bond acceptors (Lipinski definition) is 5. The number of halogens is 4. The second kappa shape index (κ2) is 8.17. The number of anilines is 1. The first kappa shape index (κ1) is 21.9. The van der Waals surface area contributed by atoms with Gasteiger partial charge in [-0.3, -0.25) is 4.79 Å². The summed E-state index contributed by atoms with van der Waals surface area (Å²) in [7, 11) is 1.18. The highest BCUT2D eigenvalue weighted by atomic mass is 19.4. The van der Waals surface area contributed by atoms with Gasteiger partial charge in [0.1, 0.15) is 5.82 Å². The Morgan fingerprint density at radius 3 is 2.45 bits per heavy atom. The molecule has 11 heteroatoms. The third-order valence-corrected chi connectivity index (χ3v) is 4.54. The van der Waals surface area contributed by atoms with Crippen LogP contribution in [0.15, 0.2) is 36.4 Å². The van der Waals surface area contributed by atoms with E-state index in [-0.39, 0.29) is 16.9 Å². The highest BCUT2D eigenvalue weighted by molar-refractivity contribution is 6.04. The molecule has 0 fully saturated rings. The number of aryl methyl sites for hydroxylation is 1. The van der Waals surface area contributed by atoms with Gasteiger partial charge in [0.05, 0.1) is 18.4 Å². The number of nitrogens with one attached hydrogen (secondary N) is 1. The molecule has 3 rings (SSSR count). The molecule has 0 aliphatic carbocycles. The molecule has 0 saturated heterocycles. The molecule has 3 aromatic rings. The first-order chi connectivity index (χ1) is 14.5. The molecule has 31 heavy (non-hydrogen) atoms. The van der Waals surface area contributed by atoms with Gasteiger partial charge in [-0.1, -0.05) is 11.3 Å². The van der Waals surface area contributed by atoms with Gasteiger partial charge in [-0.2, -0.15) is 13.2 Å². The zero-order valence-electron chi connectivity index (χ0n) is 16.5. The molecule has 162 valence electrons. The fourth-order valence-corrected chi connectivity index (χ4v) is 2.92. The third kappa shape index (κ3) is 4.39. The Hall–Kier alpha value is -3.76. The smallest absolute Gasteiger partial charge is 0.435 e. The predicted octanol–water partition coefficient (Wildman–Crippen LogP) is 4.08. The van der Waals surface area contributed by atoms with Crippen LogP contribution in [0.1, 0.15) is 37.7 Å². The molecule has 1 aromatic heterocycles. The number of hydrogen-bond donors (Lipinski definition) is 1. The quantitative estimate of drug-likeness (QED) is 0.492. The lowest BCUT2D eigenvalue weighted by atomic mass is 10.0. The van der Waals surface area contributed by atoms with E-state index in [1.54, 1.807) is 13.8 Å². The molecule has 2 aromatic carbocycles. The Labute approximate surface area is 173 Å². The van der Waals surface area contributed by atoms with Crippen LogP contribution in [0.5, 0.6) is 0 Å². The van der Waals surface area contributed by atoms with Crippen molar-refractivity contribution in [3.05, 3.63) is 70.3 Å². The maximum Gasteiger partial charge on any atom is 0.435 e. The second-order valence-corrected chi connectivity index (χ2v) is 6.59. The SMILES string of the molecule is COC(=O)c1cc(NC(=O)c2nnn(-c3cccc(F)c3)c2C(F)(F)F)cc(C)c1C. The summed E-state index contributed by atoms with van der Waals surface area (Å²) >= 11 is 0. The van der Waals surface area contributed by atoms with Crippen LogP contribution >= 0.6 is 0 Å². The maximum absolute atomic E-state index is 13.7. The van der Waals surface area contributed by atoms with Crippen molar-refractivity contribution in [3.8, 4) is 5.69 Å². The minimum absolute atomic E-state index is 0.0712. The number of rotatable bonds is 4. The van der Waals surface area contributed by atoms with Gasteiger partial charge in [0, 0.05) is 5.69 Å². The molecule has 0 bridgehead atoms. The van der Waals surface area contributed by atoms with E-state index in [2.05, 4.69) is 20.4 Å². The summed E-state index contributed by atoms with van der Waals surface area (Å²) in [5, 5.41) is 9.06. The number of amides is 1. The molecule has 0 aliphatic rings. The lowest BCUT2D eigenvalue weighted by molar-refractivity contribution is -0.143. The highest BCUT2D eigenvalue weighted by Gasteiger charge is 2.42. The average molecular weight is 436 g/mol. The van der Waals surface area contributed by atoms with Crippen molar-refractivity contribution in [2.45, 2.75) is 20.0 Å².